The van der Waals surface area contributed by atoms with Gasteiger partial charge in [0.2, 0.25) is 0 Å². The fourth-order valence-corrected chi connectivity index (χ4v) is 1.54. The van der Waals surface area contributed by atoms with Crippen molar-refractivity contribution in [2.45, 2.75) is 57.4 Å². The van der Waals surface area contributed by atoms with Crippen LogP contribution >= 0.6 is 0 Å². The molecule has 0 aliphatic rings. The van der Waals surface area contributed by atoms with Gasteiger partial charge in [0, 0.05) is 12.1 Å². The zero-order valence-electron chi connectivity index (χ0n) is 8.70. The van der Waals surface area contributed by atoms with E-state index in [1.807, 2.05) is 0 Å². The van der Waals surface area contributed by atoms with Crippen molar-refractivity contribution in [3.05, 3.63) is 0 Å². The summed E-state index contributed by atoms with van der Waals surface area (Å²) < 4.78 is 0. The third kappa shape index (κ3) is 4.57. The zero-order valence-corrected chi connectivity index (χ0v) is 8.70. The van der Waals surface area contributed by atoms with E-state index in [1.54, 1.807) is 20.8 Å². The van der Waals surface area contributed by atoms with Crippen LogP contribution in [0.3, 0.4) is 0 Å². The quantitative estimate of drug-likeness (QED) is 0.473. The first kappa shape index (κ1) is 12.8. The van der Waals surface area contributed by atoms with E-state index in [0.717, 1.165) is 0 Å². The fraction of sp³-hybridized carbons (Fsp3) is 1.00. The van der Waals surface area contributed by atoms with Crippen LogP contribution in [0.1, 0.15) is 33.6 Å². The van der Waals surface area contributed by atoms with E-state index < -0.39 is 11.7 Å². The maximum atomic E-state index is 10.0. The lowest BCUT2D eigenvalue weighted by molar-refractivity contribution is -0.0826. The smallest absolute Gasteiger partial charge is 0.0931 e. The van der Waals surface area contributed by atoms with Gasteiger partial charge < -0.3 is 21.7 Å². The first-order valence-corrected chi connectivity index (χ1v) is 4.69. The van der Waals surface area contributed by atoms with Crippen LogP contribution < -0.4 is 11.5 Å². The molecule has 3 unspecified atom stereocenters. The average molecular weight is 190 g/mol. The van der Waals surface area contributed by atoms with E-state index in [0.29, 0.717) is 12.8 Å². The number of hydrogen-bond donors (Lipinski definition) is 4. The van der Waals surface area contributed by atoms with E-state index in [1.165, 1.54) is 0 Å². The van der Waals surface area contributed by atoms with Crippen LogP contribution in [0.25, 0.3) is 0 Å². The SMILES string of the molecule is CC(N)CC(O)(CC(C)N)C(C)O. The van der Waals surface area contributed by atoms with Gasteiger partial charge in [0.25, 0.3) is 0 Å². The average Bonchev–Trinajstić information content (AvgIpc) is 1.82. The third-order valence-electron chi connectivity index (χ3n) is 2.13. The summed E-state index contributed by atoms with van der Waals surface area (Å²) in [7, 11) is 0. The van der Waals surface area contributed by atoms with Gasteiger partial charge in [0.05, 0.1) is 11.7 Å². The minimum atomic E-state index is -1.15. The Morgan fingerprint density at radius 1 is 1.08 bits per heavy atom. The molecule has 0 aromatic heterocycles. The van der Waals surface area contributed by atoms with Gasteiger partial charge in [-0.2, -0.15) is 0 Å². The number of rotatable bonds is 5. The van der Waals surface area contributed by atoms with E-state index in [4.69, 9.17) is 11.5 Å². The van der Waals surface area contributed by atoms with Gasteiger partial charge in [-0.25, -0.2) is 0 Å². The van der Waals surface area contributed by atoms with Crippen molar-refractivity contribution >= 4 is 0 Å². The molecule has 13 heavy (non-hydrogen) atoms. The lowest BCUT2D eigenvalue weighted by Crippen LogP contribution is -2.48. The van der Waals surface area contributed by atoms with Gasteiger partial charge in [-0.1, -0.05) is 0 Å². The predicted molar refractivity (Wildman–Crippen MR) is 53.2 cm³/mol. The van der Waals surface area contributed by atoms with Crippen molar-refractivity contribution in [2.24, 2.45) is 11.5 Å². The normalized spacial score (nSPS) is 23.3. The molecular formula is C9H22N2O2. The van der Waals surface area contributed by atoms with E-state index in [-0.39, 0.29) is 12.1 Å². The molecule has 0 saturated carbocycles. The van der Waals surface area contributed by atoms with Crippen LogP contribution in [0, 0.1) is 0 Å². The molecule has 4 nitrogen and oxygen atoms in total. The zero-order chi connectivity index (χ0) is 10.6. The Balaban J connectivity index is 4.34. The molecule has 6 N–H and O–H groups in total. The van der Waals surface area contributed by atoms with Crippen molar-refractivity contribution in [3.8, 4) is 0 Å². The fourth-order valence-electron chi connectivity index (χ4n) is 1.54. The van der Waals surface area contributed by atoms with Crippen LogP contribution in [0.15, 0.2) is 0 Å². The van der Waals surface area contributed by atoms with Crippen molar-refractivity contribution < 1.29 is 10.2 Å². The van der Waals surface area contributed by atoms with Crippen LogP contribution in [-0.2, 0) is 0 Å². The minimum absolute atomic E-state index is 0.140. The van der Waals surface area contributed by atoms with Gasteiger partial charge >= 0.3 is 0 Å². The Kier molecular flexibility index (Phi) is 4.85. The summed E-state index contributed by atoms with van der Waals surface area (Å²) in [5.74, 6) is 0. The van der Waals surface area contributed by atoms with Crippen LogP contribution in [0.5, 0.6) is 0 Å². The van der Waals surface area contributed by atoms with Crippen molar-refractivity contribution in [1.29, 1.82) is 0 Å². The molecule has 0 heterocycles. The molecule has 3 atom stereocenters. The van der Waals surface area contributed by atoms with E-state index >= 15 is 0 Å². The molecule has 0 aromatic carbocycles. The second kappa shape index (κ2) is 4.91. The van der Waals surface area contributed by atoms with Crippen molar-refractivity contribution in [2.75, 3.05) is 0 Å². The molecule has 0 aromatic rings. The Bertz CT molecular complexity index is 137. The first-order valence-electron chi connectivity index (χ1n) is 4.69. The summed E-state index contributed by atoms with van der Waals surface area (Å²) in [4.78, 5) is 0. The molecule has 0 aliphatic carbocycles. The Labute approximate surface area is 79.9 Å². The molecule has 0 amide bonds. The number of aliphatic hydroxyl groups is 2. The number of aliphatic hydroxyl groups excluding tert-OH is 1. The molecule has 0 radical (unpaired) electrons. The highest BCUT2D eigenvalue weighted by Crippen LogP contribution is 2.22. The Hall–Kier alpha value is -0.160. The molecule has 0 rings (SSSR count). The largest absolute Gasteiger partial charge is 0.390 e. The number of nitrogens with two attached hydrogens (primary N) is 2. The summed E-state index contributed by atoms with van der Waals surface area (Å²) >= 11 is 0. The number of hydrogen-bond acceptors (Lipinski definition) is 4. The molecule has 0 bridgehead atoms. The molecule has 4 heteroatoms. The standard InChI is InChI=1S/C9H22N2O2/c1-6(10)4-9(13,8(3)12)5-7(2)11/h6-8,12-13H,4-5,10-11H2,1-3H3. The maximum absolute atomic E-state index is 10.0. The second-order valence-corrected chi connectivity index (χ2v) is 4.14. The topological polar surface area (TPSA) is 92.5 Å². The monoisotopic (exact) mass is 190 g/mol. The van der Waals surface area contributed by atoms with Crippen molar-refractivity contribution in [1.82, 2.24) is 0 Å². The molecule has 0 fully saturated rings. The Morgan fingerprint density at radius 2 is 1.38 bits per heavy atom. The lowest BCUT2D eigenvalue weighted by Gasteiger charge is -2.34. The Morgan fingerprint density at radius 3 is 1.54 bits per heavy atom. The highest BCUT2D eigenvalue weighted by Gasteiger charge is 2.34. The van der Waals surface area contributed by atoms with Crippen LogP contribution in [0.2, 0.25) is 0 Å². The third-order valence-corrected chi connectivity index (χ3v) is 2.13. The van der Waals surface area contributed by atoms with Gasteiger partial charge in [-0.3, -0.25) is 0 Å². The van der Waals surface area contributed by atoms with Gasteiger partial charge in [-0.15, -0.1) is 0 Å². The van der Waals surface area contributed by atoms with Crippen molar-refractivity contribution in [3.63, 3.8) is 0 Å². The summed E-state index contributed by atoms with van der Waals surface area (Å²) in [6.45, 7) is 5.16. The second-order valence-electron chi connectivity index (χ2n) is 4.14. The molecule has 80 valence electrons. The predicted octanol–water partition coefficient (Wildman–Crippen LogP) is -0.427. The lowest BCUT2D eigenvalue weighted by atomic mass is 9.85. The first-order chi connectivity index (χ1) is 5.78. The van der Waals surface area contributed by atoms with E-state index in [9.17, 15) is 10.2 Å². The van der Waals surface area contributed by atoms with Gasteiger partial charge in [-0.05, 0) is 33.6 Å². The summed E-state index contributed by atoms with van der Waals surface area (Å²) in [5.41, 5.74) is 10.0. The molecule has 0 saturated heterocycles. The minimum Gasteiger partial charge on any atom is -0.390 e. The summed E-state index contributed by atoms with van der Waals surface area (Å²) in [6.07, 6.45) is -0.0669. The highest BCUT2D eigenvalue weighted by atomic mass is 16.3. The summed E-state index contributed by atoms with van der Waals surface area (Å²) in [5, 5.41) is 19.4. The molecule has 0 aliphatic heterocycles. The summed E-state index contributed by atoms with van der Waals surface area (Å²) in [6, 6.07) is -0.281. The van der Waals surface area contributed by atoms with Crippen LogP contribution in [-0.4, -0.2) is 34.0 Å². The highest BCUT2D eigenvalue weighted by molar-refractivity contribution is 4.88. The van der Waals surface area contributed by atoms with Gasteiger partial charge in [0.15, 0.2) is 0 Å². The molecule has 0 spiro atoms. The van der Waals surface area contributed by atoms with Gasteiger partial charge in [0.1, 0.15) is 0 Å². The molecular weight excluding hydrogens is 168 g/mol. The maximum Gasteiger partial charge on any atom is 0.0931 e. The van der Waals surface area contributed by atoms with E-state index in [2.05, 4.69) is 0 Å². The van der Waals surface area contributed by atoms with Crippen LogP contribution in [0.4, 0.5) is 0 Å².